The maximum Gasteiger partial charge on any atom is 0.328 e. The van der Waals surface area contributed by atoms with Crippen LogP contribution >= 0.6 is 15.9 Å². The van der Waals surface area contributed by atoms with Crippen molar-refractivity contribution in [3.63, 3.8) is 0 Å². The molecule has 1 unspecified atom stereocenters. The first kappa shape index (κ1) is 14.1. The molecule has 104 valence electrons. The standard InChI is InChI=1S/C13H16BrNO4/c1-2-18-13(17)9-5-3-4-8-15(9)12(16)10-6-7-11(14)19-10/h6-7,9H,2-5,8H2,1H3. The Balaban J connectivity index is 2.15. The lowest BCUT2D eigenvalue weighted by Crippen LogP contribution is -2.48. The van der Waals surface area contributed by atoms with Crippen LogP contribution in [0.5, 0.6) is 0 Å². The lowest BCUT2D eigenvalue weighted by molar-refractivity contribution is -0.149. The Morgan fingerprint density at radius 1 is 1.47 bits per heavy atom. The summed E-state index contributed by atoms with van der Waals surface area (Å²) in [5.41, 5.74) is 0. The summed E-state index contributed by atoms with van der Waals surface area (Å²) in [6.45, 7) is 2.64. The average molecular weight is 330 g/mol. The molecule has 5 nitrogen and oxygen atoms in total. The third kappa shape index (κ3) is 3.18. The summed E-state index contributed by atoms with van der Waals surface area (Å²) in [5.74, 6) is -0.354. The van der Waals surface area contributed by atoms with E-state index in [9.17, 15) is 9.59 Å². The number of carbonyl (C=O) groups is 2. The molecule has 0 saturated carbocycles. The second kappa shape index (κ2) is 6.23. The van der Waals surface area contributed by atoms with Crippen molar-refractivity contribution in [2.75, 3.05) is 13.2 Å². The first-order chi connectivity index (χ1) is 9.13. The molecule has 1 aromatic rings. The van der Waals surface area contributed by atoms with Gasteiger partial charge in [-0.15, -0.1) is 0 Å². The first-order valence-corrected chi connectivity index (χ1v) is 7.15. The Kier molecular flexibility index (Phi) is 4.63. The van der Waals surface area contributed by atoms with Gasteiger partial charge >= 0.3 is 5.97 Å². The predicted molar refractivity (Wildman–Crippen MR) is 71.7 cm³/mol. The number of amides is 1. The van der Waals surface area contributed by atoms with Gasteiger partial charge in [-0.3, -0.25) is 4.79 Å². The van der Waals surface area contributed by atoms with Crippen molar-refractivity contribution in [1.29, 1.82) is 0 Å². The Bertz CT molecular complexity index is 471. The van der Waals surface area contributed by atoms with Crippen molar-refractivity contribution in [3.05, 3.63) is 22.6 Å². The normalized spacial score (nSPS) is 19.3. The van der Waals surface area contributed by atoms with Gasteiger partial charge in [-0.2, -0.15) is 0 Å². The van der Waals surface area contributed by atoms with Crippen molar-refractivity contribution in [3.8, 4) is 0 Å². The third-order valence-corrected chi connectivity index (χ3v) is 3.53. The van der Waals surface area contributed by atoms with Crippen molar-refractivity contribution in [2.24, 2.45) is 0 Å². The van der Waals surface area contributed by atoms with Gasteiger partial charge in [0, 0.05) is 6.54 Å². The number of rotatable bonds is 3. The van der Waals surface area contributed by atoms with E-state index >= 15 is 0 Å². The molecule has 19 heavy (non-hydrogen) atoms. The van der Waals surface area contributed by atoms with Gasteiger partial charge < -0.3 is 14.1 Å². The Morgan fingerprint density at radius 2 is 2.26 bits per heavy atom. The highest BCUT2D eigenvalue weighted by Gasteiger charge is 2.34. The summed E-state index contributed by atoms with van der Waals surface area (Å²) in [5, 5.41) is 0. The third-order valence-electron chi connectivity index (χ3n) is 3.11. The molecule has 2 rings (SSSR count). The van der Waals surface area contributed by atoms with Gasteiger partial charge in [-0.1, -0.05) is 0 Å². The summed E-state index contributed by atoms with van der Waals surface area (Å²) in [7, 11) is 0. The van der Waals surface area contributed by atoms with Gasteiger partial charge in [0.2, 0.25) is 0 Å². The van der Waals surface area contributed by atoms with Crippen LogP contribution in [0, 0.1) is 0 Å². The molecule has 1 saturated heterocycles. The molecular weight excluding hydrogens is 314 g/mol. The fourth-order valence-electron chi connectivity index (χ4n) is 2.23. The molecule has 0 N–H and O–H groups in total. The maximum absolute atomic E-state index is 12.3. The molecule has 0 aliphatic carbocycles. The largest absolute Gasteiger partial charge is 0.464 e. The van der Waals surface area contributed by atoms with Crippen LogP contribution in [0.2, 0.25) is 0 Å². The molecule has 0 bridgehead atoms. The van der Waals surface area contributed by atoms with E-state index in [0.717, 1.165) is 12.8 Å². The van der Waals surface area contributed by atoms with Gasteiger partial charge in [0.1, 0.15) is 6.04 Å². The molecule has 1 aromatic heterocycles. The molecule has 1 aliphatic rings. The maximum atomic E-state index is 12.3. The second-order valence-corrected chi connectivity index (χ2v) is 5.15. The van der Waals surface area contributed by atoms with Crippen molar-refractivity contribution >= 4 is 27.8 Å². The number of furan rings is 1. The number of hydrogen-bond acceptors (Lipinski definition) is 4. The van der Waals surface area contributed by atoms with Crippen LogP contribution in [0.3, 0.4) is 0 Å². The zero-order valence-corrected chi connectivity index (χ0v) is 12.3. The minimum Gasteiger partial charge on any atom is -0.464 e. The molecular formula is C13H16BrNO4. The molecule has 0 spiro atoms. The number of carbonyl (C=O) groups excluding carboxylic acids is 2. The quantitative estimate of drug-likeness (QED) is 0.800. The summed E-state index contributed by atoms with van der Waals surface area (Å²) >= 11 is 3.16. The number of esters is 1. The van der Waals surface area contributed by atoms with Crippen LogP contribution in [-0.2, 0) is 9.53 Å². The zero-order chi connectivity index (χ0) is 13.8. The minimum atomic E-state index is -0.495. The van der Waals surface area contributed by atoms with E-state index in [1.165, 1.54) is 0 Å². The summed E-state index contributed by atoms with van der Waals surface area (Å²) in [4.78, 5) is 25.8. The van der Waals surface area contributed by atoms with Gasteiger partial charge in [-0.25, -0.2) is 4.79 Å². The monoisotopic (exact) mass is 329 g/mol. The fraction of sp³-hybridized carbons (Fsp3) is 0.538. The van der Waals surface area contributed by atoms with Crippen LogP contribution in [0.25, 0.3) is 0 Å². The molecule has 6 heteroatoms. The van der Waals surface area contributed by atoms with Crippen LogP contribution < -0.4 is 0 Å². The van der Waals surface area contributed by atoms with Crippen LogP contribution in [-0.4, -0.2) is 36.0 Å². The number of likely N-dealkylation sites (tertiary alicyclic amines) is 1. The van der Waals surface area contributed by atoms with Crippen LogP contribution in [0.1, 0.15) is 36.7 Å². The molecule has 1 aliphatic heterocycles. The SMILES string of the molecule is CCOC(=O)C1CCCCN1C(=O)c1ccc(Br)o1. The zero-order valence-electron chi connectivity index (χ0n) is 10.7. The van der Waals surface area contributed by atoms with Gasteiger partial charge in [0.05, 0.1) is 6.61 Å². The van der Waals surface area contributed by atoms with Gasteiger partial charge in [-0.05, 0) is 54.2 Å². The molecule has 1 fully saturated rings. The molecule has 2 heterocycles. The van der Waals surface area contributed by atoms with E-state index in [2.05, 4.69) is 15.9 Å². The fourth-order valence-corrected chi connectivity index (χ4v) is 2.54. The smallest absolute Gasteiger partial charge is 0.328 e. The lowest BCUT2D eigenvalue weighted by Gasteiger charge is -2.33. The van der Waals surface area contributed by atoms with Crippen molar-refractivity contribution in [2.45, 2.75) is 32.2 Å². The first-order valence-electron chi connectivity index (χ1n) is 6.36. The number of hydrogen-bond donors (Lipinski definition) is 0. The van der Waals surface area contributed by atoms with E-state index in [4.69, 9.17) is 9.15 Å². The van der Waals surface area contributed by atoms with E-state index in [0.29, 0.717) is 24.2 Å². The Morgan fingerprint density at radius 3 is 2.89 bits per heavy atom. The minimum absolute atomic E-state index is 0.239. The number of piperidine rings is 1. The molecule has 1 atom stereocenters. The highest BCUT2D eigenvalue weighted by Crippen LogP contribution is 2.23. The molecule has 0 radical (unpaired) electrons. The Hall–Kier alpha value is -1.30. The number of halogens is 1. The van der Waals surface area contributed by atoms with E-state index < -0.39 is 6.04 Å². The highest BCUT2D eigenvalue weighted by atomic mass is 79.9. The molecule has 1 amide bonds. The van der Waals surface area contributed by atoms with Crippen LogP contribution in [0.4, 0.5) is 0 Å². The second-order valence-electron chi connectivity index (χ2n) is 4.37. The summed E-state index contributed by atoms with van der Waals surface area (Å²) in [6.07, 6.45) is 2.46. The van der Waals surface area contributed by atoms with E-state index in [1.807, 2.05) is 0 Å². The van der Waals surface area contributed by atoms with Gasteiger partial charge in [0.15, 0.2) is 10.4 Å². The number of nitrogens with zero attached hydrogens (tertiary/aromatic N) is 1. The average Bonchev–Trinajstić information content (AvgIpc) is 2.85. The Labute approximate surface area is 120 Å². The summed E-state index contributed by atoms with van der Waals surface area (Å²) < 4.78 is 10.8. The number of ether oxygens (including phenoxy) is 1. The van der Waals surface area contributed by atoms with Crippen molar-refractivity contribution in [1.82, 2.24) is 4.90 Å². The van der Waals surface area contributed by atoms with E-state index in [-0.39, 0.29) is 17.6 Å². The highest BCUT2D eigenvalue weighted by molar-refractivity contribution is 9.10. The van der Waals surface area contributed by atoms with E-state index in [1.54, 1.807) is 24.0 Å². The topological polar surface area (TPSA) is 59.8 Å². The predicted octanol–water partition coefficient (Wildman–Crippen LogP) is 2.60. The summed E-state index contributed by atoms with van der Waals surface area (Å²) in [6, 6.07) is 2.77. The van der Waals surface area contributed by atoms with Gasteiger partial charge in [0.25, 0.3) is 5.91 Å². The lowest BCUT2D eigenvalue weighted by atomic mass is 10.0. The van der Waals surface area contributed by atoms with Crippen molar-refractivity contribution < 1.29 is 18.7 Å². The molecule has 0 aromatic carbocycles. The van der Waals surface area contributed by atoms with Crippen LogP contribution in [0.15, 0.2) is 21.2 Å².